The summed E-state index contributed by atoms with van der Waals surface area (Å²) in [6.07, 6.45) is 4.90. The van der Waals surface area contributed by atoms with Crippen LogP contribution < -0.4 is 10.2 Å². The van der Waals surface area contributed by atoms with Gasteiger partial charge in [0.15, 0.2) is 5.82 Å². The Labute approximate surface area is 125 Å². The van der Waals surface area contributed by atoms with Crippen LogP contribution in [-0.2, 0) is 0 Å². The summed E-state index contributed by atoms with van der Waals surface area (Å²) >= 11 is 0. The van der Waals surface area contributed by atoms with Crippen LogP contribution in [0.2, 0.25) is 0 Å². The van der Waals surface area contributed by atoms with E-state index in [2.05, 4.69) is 28.3 Å². The van der Waals surface area contributed by atoms with Gasteiger partial charge in [0.1, 0.15) is 5.82 Å². The van der Waals surface area contributed by atoms with E-state index in [1.165, 1.54) is 0 Å². The number of para-hydroxylation sites is 1. The summed E-state index contributed by atoms with van der Waals surface area (Å²) in [6, 6.07) is 12.1. The molecule has 0 bridgehead atoms. The molecule has 1 aromatic carbocycles. The molecule has 0 saturated heterocycles. The fourth-order valence-corrected chi connectivity index (χ4v) is 1.97. The number of hydrogen-bond acceptors (Lipinski definition) is 5. The standard InChI is InChI=1S/C16H19N5/c1-2-10-19-15-12-18-13-16(20-15)21(11-6-9-17)14-7-4-3-5-8-14/h3-5,7-8,12-13H,2,6,10-11H2,1H3,(H,19,20). The summed E-state index contributed by atoms with van der Waals surface area (Å²) in [7, 11) is 0. The van der Waals surface area contributed by atoms with Gasteiger partial charge in [-0.2, -0.15) is 5.26 Å². The highest BCUT2D eigenvalue weighted by Gasteiger charge is 2.11. The Morgan fingerprint density at radius 2 is 2.05 bits per heavy atom. The van der Waals surface area contributed by atoms with Gasteiger partial charge < -0.3 is 10.2 Å². The minimum absolute atomic E-state index is 0.434. The van der Waals surface area contributed by atoms with Crippen molar-refractivity contribution >= 4 is 17.3 Å². The predicted molar refractivity (Wildman–Crippen MR) is 84.5 cm³/mol. The van der Waals surface area contributed by atoms with Gasteiger partial charge in [0.25, 0.3) is 0 Å². The van der Waals surface area contributed by atoms with Gasteiger partial charge in [-0.1, -0.05) is 25.1 Å². The molecule has 0 aliphatic carbocycles. The number of hydrogen-bond donors (Lipinski definition) is 1. The van der Waals surface area contributed by atoms with Gasteiger partial charge in [0, 0.05) is 18.8 Å². The van der Waals surface area contributed by atoms with E-state index in [0.29, 0.717) is 13.0 Å². The second kappa shape index (κ2) is 7.85. The molecule has 0 aliphatic rings. The monoisotopic (exact) mass is 281 g/mol. The molecule has 2 rings (SSSR count). The highest BCUT2D eigenvalue weighted by molar-refractivity contribution is 5.60. The van der Waals surface area contributed by atoms with E-state index >= 15 is 0 Å². The summed E-state index contributed by atoms with van der Waals surface area (Å²) in [6.45, 7) is 3.56. The van der Waals surface area contributed by atoms with Crippen molar-refractivity contribution in [3.05, 3.63) is 42.7 Å². The van der Waals surface area contributed by atoms with Crippen LogP contribution in [0.25, 0.3) is 0 Å². The minimum Gasteiger partial charge on any atom is -0.369 e. The number of benzene rings is 1. The van der Waals surface area contributed by atoms with Crippen LogP contribution in [0.4, 0.5) is 17.3 Å². The molecule has 0 saturated carbocycles. The maximum absolute atomic E-state index is 8.85. The van der Waals surface area contributed by atoms with Gasteiger partial charge in [-0.15, -0.1) is 0 Å². The van der Waals surface area contributed by atoms with Crippen LogP contribution in [0.3, 0.4) is 0 Å². The van der Waals surface area contributed by atoms with Crippen molar-refractivity contribution in [3.63, 3.8) is 0 Å². The molecule has 1 heterocycles. The first-order valence-corrected chi connectivity index (χ1v) is 7.10. The number of nitrogens with zero attached hydrogens (tertiary/aromatic N) is 4. The lowest BCUT2D eigenvalue weighted by molar-refractivity contribution is 0.912. The van der Waals surface area contributed by atoms with Gasteiger partial charge >= 0.3 is 0 Å². The molecule has 0 radical (unpaired) electrons. The molecule has 0 spiro atoms. The average Bonchev–Trinajstić information content (AvgIpc) is 2.55. The normalized spacial score (nSPS) is 9.90. The first-order chi connectivity index (χ1) is 10.3. The largest absolute Gasteiger partial charge is 0.369 e. The lowest BCUT2D eigenvalue weighted by Crippen LogP contribution is -2.20. The molecule has 21 heavy (non-hydrogen) atoms. The van der Waals surface area contributed by atoms with Crippen LogP contribution in [-0.4, -0.2) is 23.1 Å². The number of anilines is 3. The van der Waals surface area contributed by atoms with E-state index in [-0.39, 0.29) is 0 Å². The van der Waals surface area contributed by atoms with Gasteiger partial charge in [0.05, 0.1) is 24.9 Å². The van der Waals surface area contributed by atoms with Crippen molar-refractivity contribution in [1.29, 1.82) is 5.26 Å². The third-order valence-corrected chi connectivity index (χ3v) is 2.97. The zero-order chi connectivity index (χ0) is 14.9. The average molecular weight is 281 g/mol. The van der Waals surface area contributed by atoms with Crippen LogP contribution in [0, 0.1) is 11.3 Å². The van der Waals surface area contributed by atoms with E-state index in [4.69, 9.17) is 5.26 Å². The summed E-state index contributed by atoms with van der Waals surface area (Å²) in [5, 5.41) is 12.1. The molecule has 0 amide bonds. The molecule has 0 unspecified atom stereocenters. The minimum atomic E-state index is 0.434. The highest BCUT2D eigenvalue weighted by Crippen LogP contribution is 2.23. The topological polar surface area (TPSA) is 64.8 Å². The number of nitriles is 1. The Morgan fingerprint density at radius 1 is 1.24 bits per heavy atom. The Bertz CT molecular complexity index is 591. The molecule has 108 valence electrons. The molecule has 0 aliphatic heterocycles. The fraction of sp³-hybridized carbons (Fsp3) is 0.312. The number of aromatic nitrogens is 2. The first-order valence-electron chi connectivity index (χ1n) is 7.10. The highest BCUT2D eigenvalue weighted by atomic mass is 15.2. The second-order valence-electron chi connectivity index (χ2n) is 4.58. The Kier molecular flexibility index (Phi) is 5.53. The predicted octanol–water partition coefficient (Wildman–Crippen LogP) is 3.35. The van der Waals surface area contributed by atoms with Crippen molar-refractivity contribution in [3.8, 4) is 6.07 Å². The molecule has 1 aromatic heterocycles. The Hall–Kier alpha value is -2.61. The van der Waals surface area contributed by atoms with Gasteiger partial charge in [-0.25, -0.2) is 4.98 Å². The lowest BCUT2D eigenvalue weighted by Gasteiger charge is -2.22. The van der Waals surface area contributed by atoms with Crippen LogP contribution in [0.1, 0.15) is 19.8 Å². The van der Waals surface area contributed by atoms with Crippen molar-refractivity contribution in [2.24, 2.45) is 0 Å². The molecular formula is C16H19N5. The molecule has 0 fully saturated rings. The smallest absolute Gasteiger partial charge is 0.154 e. The summed E-state index contributed by atoms with van der Waals surface area (Å²) in [5.41, 5.74) is 1.01. The van der Waals surface area contributed by atoms with Crippen molar-refractivity contribution in [2.45, 2.75) is 19.8 Å². The zero-order valence-electron chi connectivity index (χ0n) is 12.2. The summed E-state index contributed by atoms with van der Waals surface area (Å²) < 4.78 is 0. The first kappa shape index (κ1) is 14.8. The number of rotatable bonds is 7. The van der Waals surface area contributed by atoms with E-state index in [1.807, 2.05) is 35.2 Å². The molecule has 0 atom stereocenters. The SMILES string of the molecule is CCCNc1cncc(N(CCC#N)c2ccccc2)n1. The molecule has 5 heteroatoms. The number of nitrogens with one attached hydrogen (secondary N) is 1. The van der Waals surface area contributed by atoms with Gasteiger partial charge in [0.2, 0.25) is 0 Å². The van der Waals surface area contributed by atoms with Crippen LogP contribution >= 0.6 is 0 Å². The molecule has 1 N–H and O–H groups in total. The maximum atomic E-state index is 8.85. The van der Waals surface area contributed by atoms with Crippen molar-refractivity contribution in [2.75, 3.05) is 23.3 Å². The van der Waals surface area contributed by atoms with E-state index < -0.39 is 0 Å². The Balaban J connectivity index is 2.26. The van der Waals surface area contributed by atoms with Crippen LogP contribution in [0.15, 0.2) is 42.7 Å². The third-order valence-electron chi connectivity index (χ3n) is 2.97. The van der Waals surface area contributed by atoms with Crippen molar-refractivity contribution < 1.29 is 0 Å². The maximum Gasteiger partial charge on any atom is 0.154 e. The summed E-state index contributed by atoms with van der Waals surface area (Å²) in [4.78, 5) is 10.8. The van der Waals surface area contributed by atoms with Gasteiger partial charge in [-0.3, -0.25) is 4.98 Å². The second-order valence-corrected chi connectivity index (χ2v) is 4.58. The molecular weight excluding hydrogens is 262 g/mol. The Morgan fingerprint density at radius 3 is 2.76 bits per heavy atom. The fourth-order valence-electron chi connectivity index (χ4n) is 1.97. The lowest BCUT2D eigenvalue weighted by atomic mass is 10.2. The summed E-state index contributed by atoms with van der Waals surface area (Å²) in [5.74, 6) is 1.50. The molecule has 5 nitrogen and oxygen atoms in total. The third kappa shape index (κ3) is 4.18. The van der Waals surface area contributed by atoms with Crippen molar-refractivity contribution in [1.82, 2.24) is 9.97 Å². The van der Waals surface area contributed by atoms with Crippen LogP contribution in [0.5, 0.6) is 0 Å². The van der Waals surface area contributed by atoms with E-state index in [9.17, 15) is 0 Å². The van der Waals surface area contributed by atoms with E-state index in [0.717, 1.165) is 30.3 Å². The zero-order valence-corrected chi connectivity index (χ0v) is 12.2. The molecule has 2 aromatic rings. The quantitative estimate of drug-likeness (QED) is 0.843. The van der Waals surface area contributed by atoms with E-state index in [1.54, 1.807) is 12.4 Å². The van der Waals surface area contributed by atoms with Gasteiger partial charge in [-0.05, 0) is 18.6 Å².